The zero-order valence-electron chi connectivity index (χ0n) is 20.5. The van der Waals surface area contributed by atoms with Gasteiger partial charge in [-0.15, -0.1) is 0 Å². The predicted molar refractivity (Wildman–Crippen MR) is 129 cm³/mol. The molecule has 3 amide bonds. The van der Waals surface area contributed by atoms with Crippen LogP contribution in [-0.2, 0) is 23.9 Å². The van der Waals surface area contributed by atoms with E-state index in [-0.39, 0.29) is 18.4 Å². The van der Waals surface area contributed by atoms with Gasteiger partial charge in [0.05, 0.1) is 0 Å². The number of esters is 1. The van der Waals surface area contributed by atoms with Crippen LogP contribution in [0.4, 0.5) is 4.79 Å². The molecular weight excluding hydrogens is 450 g/mol. The van der Waals surface area contributed by atoms with Gasteiger partial charge < -0.3 is 14.8 Å². The highest BCUT2D eigenvalue weighted by Crippen LogP contribution is 2.44. The third-order valence-electron chi connectivity index (χ3n) is 5.45. The van der Waals surface area contributed by atoms with E-state index in [1.165, 1.54) is 0 Å². The summed E-state index contributed by atoms with van der Waals surface area (Å²) >= 11 is 0. The van der Waals surface area contributed by atoms with Crippen molar-refractivity contribution in [1.82, 2.24) is 16.2 Å². The van der Waals surface area contributed by atoms with Crippen molar-refractivity contribution < 1.29 is 28.7 Å². The molecule has 9 nitrogen and oxygen atoms in total. The van der Waals surface area contributed by atoms with Crippen LogP contribution < -0.4 is 16.2 Å². The lowest BCUT2D eigenvalue weighted by atomic mass is 9.98. The summed E-state index contributed by atoms with van der Waals surface area (Å²) in [5.41, 5.74) is 7.93. The van der Waals surface area contributed by atoms with Crippen LogP contribution >= 0.6 is 0 Å². The van der Waals surface area contributed by atoms with Crippen LogP contribution in [0.15, 0.2) is 48.5 Å². The van der Waals surface area contributed by atoms with E-state index in [1.54, 1.807) is 34.6 Å². The summed E-state index contributed by atoms with van der Waals surface area (Å²) < 4.78 is 10.4. The Balaban J connectivity index is 1.55. The van der Waals surface area contributed by atoms with E-state index in [0.717, 1.165) is 22.3 Å². The van der Waals surface area contributed by atoms with Gasteiger partial charge in [0.25, 0.3) is 5.91 Å². The van der Waals surface area contributed by atoms with E-state index in [1.807, 2.05) is 48.5 Å². The smallest absolute Gasteiger partial charge is 0.426 e. The van der Waals surface area contributed by atoms with Crippen molar-refractivity contribution >= 4 is 23.9 Å². The van der Waals surface area contributed by atoms with Crippen LogP contribution in [0.2, 0.25) is 0 Å². The molecular formula is C26H31N3O6. The molecule has 0 spiro atoms. The minimum absolute atomic E-state index is 0.0821. The van der Waals surface area contributed by atoms with E-state index >= 15 is 0 Å². The molecule has 2 aromatic rings. The van der Waals surface area contributed by atoms with Gasteiger partial charge in [-0.3, -0.25) is 15.0 Å². The Morgan fingerprint density at radius 1 is 0.886 bits per heavy atom. The normalized spacial score (nSPS) is 13.3. The largest absolute Gasteiger partial charge is 0.453 e. The molecule has 0 heterocycles. The number of ether oxygens (including phenoxy) is 2. The molecule has 1 aliphatic carbocycles. The number of rotatable bonds is 5. The minimum Gasteiger partial charge on any atom is -0.453 e. The van der Waals surface area contributed by atoms with Crippen LogP contribution in [0.25, 0.3) is 11.1 Å². The maximum atomic E-state index is 12.6. The van der Waals surface area contributed by atoms with Crippen LogP contribution in [0.3, 0.4) is 0 Å². The third kappa shape index (κ3) is 6.38. The number of nitrogens with one attached hydrogen (secondary N) is 3. The van der Waals surface area contributed by atoms with Gasteiger partial charge in [0.1, 0.15) is 18.2 Å². The fraction of sp³-hybridized carbons (Fsp3) is 0.385. The molecule has 186 valence electrons. The summed E-state index contributed by atoms with van der Waals surface area (Å²) in [5.74, 6) is -3.34. The van der Waals surface area contributed by atoms with E-state index in [2.05, 4.69) is 16.2 Å². The maximum absolute atomic E-state index is 12.6. The minimum atomic E-state index is -1.10. The van der Waals surface area contributed by atoms with Gasteiger partial charge in [-0.05, 0) is 48.9 Å². The monoisotopic (exact) mass is 481 g/mol. The SMILES string of the molecule is CC(C)[C@H](NC(=O)C(=O)OC(C)(C)C)C(=O)NNC(=O)OCC1c2ccccc2-c2ccccc21. The first-order valence-corrected chi connectivity index (χ1v) is 11.4. The van der Waals surface area contributed by atoms with Crippen molar-refractivity contribution in [2.45, 2.75) is 52.2 Å². The molecule has 1 aliphatic rings. The molecule has 9 heteroatoms. The van der Waals surface area contributed by atoms with Gasteiger partial charge in [0.15, 0.2) is 0 Å². The van der Waals surface area contributed by atoms with Gasteiger partial charge in [-0.2, -0.15) is 0 Å². The lowest BCUT2D eigenvalue weighted by Crippen LogP contribution is -2.55. The summed E-state index contributed by atoms with van der Waals surface area (Å²) in [5, 5.41) is 2.34. The number of hydrazine groups is 1. The standard InChI is InChI=1S/C26H31N3O6/c1-15(2)21(27-23(31)24(32)35-26(3,4)5)22(30)28-29-25(33)34-14-20-18-12-8-6-10-16(18)17-11-7-9-13-19(17)20/h6-13,15,20-21H,14H2,1-5H3,(H,27,31)(H,28,30)(H,29,33)/t21-/m0/s1. The first kappa shape index (κ1) is 25.7. The molecule has 0 aromatic heterocycles. The Morgan fingerprint density at radius 2 is 1.43 bits per heavy atom. The van der Waals surface area contributed by atoms with Crippen LogP contribution in [0.1, 0.15) is 51.7 Å². The number of amides is 3. The lowest BCUT2D eigenvalue weighted by Gasteiger charge is -2.23. The molecule has 1 atom stereocenters. The van der Waals surface area contributed by atoms with E-state index in [9.17, 15) is 19.2 Å². The van der Waals surface area contributed by atoms with Crippen molar-refractivity contribution in [2.24, 2.45) is 5.92 Å². The second-order valence-corrected chi connectivity index (χ2v) is 9.64. The Labute approximate surface area is 204 Å². The van der Waals surface area contributed by atoms with E-state index < -0.39 is 35.5 Å². The van der Waals surface area contributed by atoms with Gasteiger partial charge in [0, 0.05) is 5.92 Å². The molecule has 0 fully saturated rings. The zero-order chi connectivity index (χ0) is 25.8. The van der Waals surface area contributed by atoms with Gasteiger partial charge >= 0.3 is 18.0 Å². The zero-order valence-corrected chi connectivity index (χ0v) is 20.5. The summed E-state index contributed by atoms with van der Waals surface area (Å²) in [6.07, 6.45) is -0.846. The quantitative estimate of drug-likeness (QED) is 0.343. The van der Waals surface area contributed by atoms with Crippen molar-refractivity contribution in [3.63, 3.8) is 0 Å². The molecule has 2 aromatic carbocycles. The summed E-state index contributed by atoms with van der Waals surface area (Å²) in [7, 11) is 0. The lowest BCUT2D eigenvalue weighted by molar-refractivity contribution is -0.164. The van der Waals surface area contributed by atoms with Crippen molar-refractivity contribution in [3.05, 3.63) is 59.7 Å². The first-order chi connectivity index (χ1) is 16.5. The van der Waals surface area contributed by atoms with Crippen LogP contribution in [0.5, 0.6) is 0 Å². The summed E-state index contributed by atoms with van der Waals surface area (Å²) in [6, 6.07) is 14.8. The van der Waals surface area contributed by atoms with Gasteiger partial charge in [0.2, 0.25) is 0 Å². The molecule has 0 saturated carbocycles. The Morgan fingerprint density at radius 3 is 1.94 bits per heavy atom. The maximum Gasteiger partial charge on any atom is 0.426 e. The average molecular weight is 482 g/mol. The molecule has 0 radical (unpaired) electrons. The number of carbonyl (C=O) groups excluding carboxylic acids is 4. The number of fused-ring (bicyclic) bond motifs is 3. The molecule has 0 bridgehead atoms. The molecule has 3 rings (SSSR count). The van der Waals surface area contributed by atoms with Crippen LogP contribution in [0, 0.1) is 5.92 Å². The average Bonchev–Trinajstić information content (AvgIpc) is 3.12. The molecule has 0 aliphatic heterocycles. The van der Waals surface area contributed by atoms with Crippen LogP contribution in [-0.4, -0.2) is 42.1 Å². The fourth-order valence-electron chi connectivity index (χ4n) is 3.88. The van der Waals surface area contributed by atoms with Gasteiger partial charge in [-0.1, -0.05) is 62.4 Å². The number of hydrogen-bond acceptors (Lipinski definition) is 6. The Hall–Kier alpha value is -3.88. The summed E-state index contributed by atoms with van der Waals surface area (Å²) in [4.78, 5) is 49.0. The summed E-state index contributed by atoms with van der Waals surface area (Å²) in [6.45, 7) is 8.34. The Kier molecular flexibility index (Phi) is 7.78. The predicted octanol–water partition coefficient (Wildman–Crippen LogP) is 3.04. The molecule has 0 unspecified atom stereocenters. The highest BCUT2D eigenvalue weighted by molar-refractivity contribution is 6.33. The van der Waals surface area contributed by atoms with E-state index in [0.29, 0.717) is 0 Å². The van der Waals surface area contributed by atoms with Crippen molar-refractivity contribution in [3.8, 4) is 11.1 Å². The first-order valence-electron chi connectivity index (χ1n) is 11.4. The topological polar surface area (TPSA) is 123 Å². The highest BCUT2D eigenvalue weighted by atomic mass is 16.6. The number of hydrogen-bond donors (Lipinski definition) is 3. The highest BCUT2D eigenvalue weighted by Gasteiger charge is 2.31. The van der Waals surface area contributed by atoms with E-state index in [4.69, 9.17) is 9.47 Å². The molecule has 0 saturated heterocycles. The fourth-order valence-corrected chi connectivity index (χ4v) is 3.88. The molecule has 3 N–H and O–H groups in total. The van der Waals surface area contributed by atoms with Gasteiger partial charge in [-0.25, -0.2) is 15.0 Å². The second-order valence-electron chi connectivity index (χ2n) is 9.64. The van der Waals surface area contributed by atoms with Crippen molar-refractivity contribution in [1.29, 1.82) is 0 Å². The molecule has 35 heavy (non-hydrogen) atoms. The Bertz CT molecular complexity index is 1080. The van der Waals surface area contributed by atoms with Crippen molar-refractivity contribution in [2.75, 3.05) is 6.61 Å². The number of carbonyl (C=O) groups is 4. The number of benzene rings is 2. The second kappa shape index (κ2) is 10.6. The third-order valence-corrected chi connectivity index (χ3v) is 5.45.